The quantitative estimate of drug-likeness (QED) is 0.877. The van der Waals surface area contributed by atoms with Gasteiger partial charge in [-0.05, 0) is 30.9 Å². The molecule has 1 aromatic heterocycles. The van der Waals surface area contributed by atoms with E-state index >= 15 is 0 Å². The number of carbonyl (C=O) groups excluding carboxylic acids is 1. The maximum Gasteiger partial charge on any atom is 0.223 e. The summed E-state index contributed by atoms with van der Waals surface area (Å²) in [5.74, 6) is 4.83. The molecule has 4 rings (SSSR count). The van der Waals surface area contributed by atoms with Crippen LogP contribution in [0, 0.1) is 17.8 Å². The molecule has 1 aromatic rings. The molecule has 4 atom stereocenters. The summed E-state index contributed by atoms with van der Waals surface area (Å²) in [6.07, 6.45) is 2.19. The van der Waals surface area contributed by atoms with Crippen LogP contribution < -0.4 is 10.6 Å². The van der Waals surface area contributed by atoms with E-state index in [1.165, 1.54) is 6.42 Å². The molecule has 2 saturated carbocycles. The van der Waals surface area contributed by atoms with Gasteiger partial charge in [0, 0.05) is 43.3 Å². The van der Waals surface area contributed by atoms with Gasteiger partial charge in [-0.2, -0.15) is 0 Å². The minimum atomic E-state index is 0. The SMILES string of the molecule is CC1CC1c1ccc(C2CC2C(=O)NCC2CNC2)o1.Cl. The van der Waals surface area contributed by atoms with Crippen LogP contribution in [0.15, 0.2) is 16.5 Å². The van der Waals surface area contributed by atoms with Gasteiger partial charge in [-0.25, -0.2) is 0 Å². The molecule has 0 radical (unpaired) electrons. The third kappa shape index (κ3) is 2.97. The van der Waals surface area contributed by atoms with E-state index in [-0.39, 0.29) is 24.2 Å². The van der Waals surface area contributed by atoms with Gasteiger partial charge in [0.25, 0.3) is 0 Å². The molecule has 3 fully saturated rings. The predicted molar refractivity (Wildman–Crippen MR) is 82.7 cm³/mol. The van der Waals surface area contributed by atoms with Crippen LogP contribution >= 0.6 is 12.4 Å². The Kier molecular flexibility index (Phi) is 4.02. The van der Waals surface area contributed by atoms with Gasteiger partial charge in [-0.15, -0.1) is 12.4 Å². The second-order valence-electron chi connectivity index (χ2n) is 6.78. The lowest BCUT2D eigenvalue weighted by molar-refractivity contribution is -0.122. The smallest absolute Gasteiger partial charge is 0.223 e. The van der Waals surface area contributed by atoms with Gasteiger partial charge in [0.1, 0.15) is 11.5 Å². The Bertz CT molecular complexity index is 526. The fourth-order valence-electron chi connectivity index (χ4n) is 3.15. The number of halogens is 1. The van der Waals surface area contributed by atoms with E-state index in [4.69, 9.17) is 4.42 Å². The molecule has 0 spiro atoms. The number of nitrogens with one attached hydrogen (secondary N) is 2. The van der Waals surface area contributed by atoms with Gasteiger partial charge in [0.05, 0.1) is 0 Å². The zero-order chi connectivity index (χ0) is 13.7. The molecule has 4 unspecified atom stereocenters. The van der Waals surface area contributed by atoms with Crippen molar-refractivity contribution in [2.45, 2.75) is 31.6 Å². The Morgan fingerprint density at radius 1 is 1.29 bits per heavy atom. The van der Waals surface area contributed by atoms with Crippen molar-refractivity contribution in [2.75, 3.05) is 19.6 Å². The maximum atomic E-state index is 12.1. The fraction of sp³-hybridized carbons (Fsp3) is 0.688. The maximum absolute atomic E-state index is 12.1. The van der Waals surface area contributed by atoms with Crippen molar-refractivity contribution in [3.63, 3.8) is 0 Å². The van der Waals surface area contributed by atoms with E-state index in [1.54, 1.807) is 0 Å². The number of furan rings is 1. The van der Waals surface area contributed by atoms with Crippen LogP contribution in [0.2, 0.25) is 0 Å². The van der Waals surface area contributed by atoms with Crippen molar-refractivity contribution in [3.8, 4) is 0 Å². The largest absolute Gasteiger partial charge is 0.465 e. The Labute approximate surface area is 131 Å². The van der Waals surface area contributed by atoms with E-state index in [0.717, 1.165) is 43.5 Å². The summed E-state index contributed by atoms with van der Waals surface area (Å²) in [5.41, 5.74) is 0. The summed E-state index contributed by atoms with van der Waals surface area (Å²) in [4.78, 5) is 12.1. The van der Waals surface area contributed by atoms with E-state index < -0.39 is 0 Å². The van der Waals surface area contributed by atoms with E-state index in [0.29, 0.717) is 17.8 Å². The van der Waals surface area contributed by atoms with Crippen LogP contribution in [0.25, 0.3) is 0 Å². The summed E-state index contributed by atoms with van der Waals surface area (Å²) in [5, 5.41) is 6.30. The monoisotopic (exact) mass is 310 g/mol. The highest BCUT2D eigenvalue weighted by Crippen LogP contribution is 2.51. The van der Waals surface area contributed by atoms with Crippen LogP contribution in [-0.4, -0.2) is 25.5 Å². The van der Waals surface area contributed by atoms with Crippen LogP contribution in [-0.2, 0) is 4.79 Å². The van der Waals surface area contributed by atoms with Crippen molar-refractivity contribution in [3.05, 3.63) is 23.7 Å². The highest BCUT2D eigenvalue weighted by atomic mass is 35.5. The zero-order valence-electron chi connectivity index (χ0n) is 12.3. The summed E-state index contributed by atoms with van der Waals surface area (Å²) in [6.45, 7) is 5.15. The second kappa shape index (κ2) is 5.65. The Morgan fingerprint density at radius 3 is 2.52 bits per heavy atom. The number of rotatable bonds is 5. The molecule has 2 aliphatic carbocycles. The molecule has 1 aliphatic heterocycles. The molecule has 116 valence electrons. The highest BCUT2D eigenvalue weighted by molar-refractivity contribution is 5.85. The molecule has 0 aromatic carbocycles. The van der Waals surface area contributed by atoms with Gasteiger partial charge in [0.2, 0.25) is 5.91 Å². The minimum absolute atomic E-state index is 0. The third-order valence-corrected chi connectivity index (χ3v) is 5.05. The molecule has 4 nitrogen and oxygen atoms in total. The zero-order valence-corrected chi connectivity index (χ0v) is 13.1. The third-order valence-electron chi connectivity index (χ3n) is 5.05. The first-order valence-corrected chi connectivity index (χ1v) is 7.80. The Morgan fingerprint density at radius 2 is 1.95 bits per heavy atom. The minimum Gasteiger partial charge on any atom is -0.465 e. The molecule has 5 heteroatoms. The molecule has 2 N–H and O–H groups in total. The molecule has 0 bridgehead atoms. The normalized spacial score (nSPS) is 33.8. The van der Waals surface area contributed by atoms with Crippen molar-refractivity contribution in [2.24, 2.45) is 17.8 Å². The number of carbonyl (C=O) groups is 1. The predicted octanol–water partition coefficient (Wildman–Crippen LogP) is 2.26. The topological polar surface area (TPSA) is 54.3 Å². The molecular weight excluding hydrogens is 288 g/mol. The van der Waals surface area contributed by atoms with Crippen LogP contribution in [0.1, 0.15) is 43.1 Å². The highest BCUT2D eigenvalue weighted by Gasteiger charge is 2.47. The first-order chi connectivity index (χ1) is 9.72. The second-order valence-corrected chi connectivity index (χ2v) is 6.78. The Balaban J connectivity index is 0.00000132. The molecule has 1 saturated heterocycles. The van der Waals surface area contributed by atoms with Crippen molar-refractivity contribution >= 4 is 18.3 Å². The lowest BCUT2D eigenvalue weighted by atomic mass is 10.0. The number of hydrogen-bond acceptors (Lipinski definition) is 3. The van der Waals surface area contributed by atoms with Crippen LogP contribution in [0.4, 0.5) is 0 Å². The first-order valence-electron chi connectivity index (χ1n) is 7.80. The summed E-state index contributed by atoms with van der Waals surface area (Å²) < 4.78 is 5.95. The average molecular weight is 311 g/mol. The first kappa shape index (κ1) is 14.9. The molecule has 1 amide bonds. The summed E-state index contributed by atoms with van der Waals surface area (Å²) in [7, 11) is 0. The van der Waals surface area contributed by atoms with Gasteiger partial charge in [-0.1, -0.05) is 6.92 Å². The molecule has 3 aliphatic rings. The van der Waals surface area contributed by atoms with Gasteiger partial charge < -0.3 is 15.1 Å². The Hall–Kier alpha value is -1.00. The molecular formula is C16H23ClN2O2. The molecule has 21 heavy (non-hydrogen) atoms. The van der Waals surface area contributed by atoms with Gasteiger partial charge >= 0.3 is 0 Å². The van der Waals surface area contributed by atoms with Crippen molar-refractivity contribution in [1.82, 2.24) is 10.6 Å². The molecule has 2 heterocycles. The van der Waals surface area contributed by atoms with Crippen molar-refractivity contribution in [1.29, 1.82) is 0 Å². The standard InChI is InChI=1S/C16H22N2O2.ClH/c1-9-4-11(9)14-2-3-15(20-14)12-5-13(12)16(19)18-8-10-6-17-7-10;/h2-3,9-13,17H,4-8H2,1H3,(H,18,19);1H. The number of amides is 1. The summed E-state index contributed by atoms with van der Waals surface area (Å²) >= 11 is 0. The van der Waals surface area contributed by atoms with E-state index in [1.807, 2.05) is 0 Å². The number of hydrogen-bond donors (Lipinski definition) is 2. The summed E-state index contributed by atoms with van der Waals surface area (Å²) in [6, 6.07) is 4.19. The van der Waals surface area contributed by atoms with Gasteiger partial charge in [0.15, 0.2) is 0 Å². The lowest BCUT2D eigenvalue weighted by Crippen LogP contribution is -2.48. The van der Waals surface area contributed by atoms with Crippen LogP contribution in [0.5, 0.6) is 0 Å². The van der Waals surface area contributed by atoms with Crippen LogP contribution in [0.3, 0.4) is 0 Å². The average Bonchev–Trinajstić information content (AvgIpc) is 3.27. The van der Waals surface area contributed by atoms with E-state index in [9.17, 15) is 4.79 Å². The van der Waals surface area contributed by atoms with E-state index in [2.05, 4.69) is 29.7 Å². The van der Waals surface area contributed by atoms with Crippen molar-refractivity contribution < 1.29 is 9.21 Å². The van der Waals surface area contributed by atoms with Gasteiger partial charge in [-0.3, -0.25) is 4.79 Å². The lowest BCUT2D eigenvalue weighted by Gasteiger charge is -2.27. The fourth-order valence-corrected chi connectivity index (χ4v) is 3.15.